The molecule has 1 unspecified atom stereocenters. The van der Waals surface area contributed by atoms with Crippen LogP contribution in [0, 0.1) is 5.92 Å². The van der Waals surface area contributed by atoms with Gasteiger partial charge in [0.15, 0.2) is 5.96 Å². The van der Waals surface area contributed by atoms with Crippen molar-refractivity contribution in [3.63, 3.8) is 0 Å². The molecule has 1 aliphatic rings. The Morgan fingerprint density at radius 2 is 2.36 bits per heavy atom. The average Bonchev–Trinajstić information content (AvgIpc) is 2.56. The van der Waals surface area contributed by atoms with E-state index in [1.807, 2.05) is 0 Å². The van der Waals surface area contributed by atoms with Gasteiger partial charge in [0.25, 0.3) is 0 Å². The van der Waals surface area contributed by atoms with E-state index in [0.29, 0.717) is 36.4 Å². The van der Waals surface area contributed by atoms with Crippen molar-refractivity contribution in [2.75, 3.05) is 33.3 Å². The van der Waals surface area contributed by atoms with Crippen LogP contribution in [0.1, 0.15) is 19.3 Å². The number of guanidine groups is 1. The number of aliphatic imine (C=N–C) groups is 1. The number of hydrogen-bond donors (Lipinski definition) is 2. The monoisotopic (exact) mass is 481 g/mol. The number of nitrogens with two attached hydrogens (primary N) is 1. The number of pyridine rings is 1. The van der Waals surface area contributed by atoms with Gasteiger partial charge in [-0.05, 0) is 24.8 Å². The second-order valence-electron chi connectivity index (χ2n) is 5.76. The molecule has 1 fully saturated rings. The maximum atomic E-state index is 11.1. The topological polar surface area (TPSA) is 92.8 Å². The minimum Gasteiger partial charge on any atom is -0.476 e. The van der Waals surface area contributed by atoms with Crippen LogP contribution in [-0.2, 0) is 4.79 Å². The van der Waals surface area contributed by atoms with E-state index in [0.717, 1.165) is 31.9 Å². The van der Waals surface area contributed by atoms with E-state index in [-0.39, 0.29) is 29.9 Å². The number of carbonyl (C=O) groups excluding carboxylic acids is 1. The Morgan fingerprint density at radius 3 is 3.00 bits per heavy atom. The molecular formula is C16H25ClIN5O2. The highest BCUT2D eigenvalue weighted by Crippen LogP contribution is 2.19. The van der Waals surface area contributed by atoms with Crippen molar-refractivity contribution >= 4 is 47.4 Å². The van der Waals surface area contributed by atoms with Crippen LogP contribution in [0.3, 0.4) is 0 Å². The van der Waals surface area contributed by atoms with Gasteiger partial charge in [-0.15, -0.1) is 24.0 Å². The summed E-state index contributed by atoms with van der Waals surface area (Å²) in [6.45, 7) is 2.79. The van der Waals surface area contributed by atoms with Crippen molar-refractivity contribution in [1.29, 1.82) is 0 Å². The highest BCUT2D eigenvalue weighted by atomic mass is 127. The van der Waals surface area contributed by atoms with Crippen LogP contribution in [0.25, 0.3) is 0 Å². The first-order chi connectivity index (χ1) is 11.6. The van der Waals surface area contributed by atoms with Gasteiger partial charge in [-0.2, -0.15) is 0 Å². The summed E-state index contributed by atoms with van der Waals surface area (Å²) in [7, 11) is 1.75. The van der Waals surface area contributed by atoms with Gasteiger partial charge < -0.3 is 20.7 Å². The first-order valence-corrected chi connectivity index (χ1v) is 8.44. The molecule has 0 spiro atoms. The fourth-order valence-electron chi connectivity index (χ4n) is 2.81. The molecule has 3 N–H and O–H groups in total. The van der Waals surface area contributed by atoms with Crippen molar-refractivity contribution in [2.45, 2.75) is 19.3 Å². The number of halogens is 2. The van der Waals surface area contributed by atoms with Gasteiger partial charge in [-0.1, -0.05) is 11.6 Å². The van der Waals surface area contributed by atoms with E-state index in [4.69, 9.17) is 22.1 Å². The van der Waals surface area contributed by atoms with Crippen LogP contribution in [0.2, 0.25) is 5.02 Å². The Morgan fingerprint density at radius 1 is 1.56 bits per heavy atom. The first kappa shape index (κ1) is 21.8. The zero-order valence-corrected chi connectivity index (χ0v) is 17.4. The van der Waals surface area contributed by atoms with Gasteiger partial charge in [-0.25, -0.2) is 4.98 Å². The fraction of sp³-hybridized carbons (Fsp3) is 0.562. The second kappa shape index (κ2) is 11.3. The molecule has 2 heterocycles. The number of likely N-dealkylation sites (tertiary alicyclic amines) is 1. The van der Waals surface area contributed by atoms with E-state index in [9.17, 15) is 4.79 Å². The zero-order valence-electron chi connectivity index (χ0n) is 14.3. The molecule has 1 aliphatic heterocycles. The molecule has 1 atom stereocenters. The Labute approximate surface area is 170 Å². The molecule has 0 radical (unpaired) electrons. The molecule has 1 amide bonds. The molecular weight excluding hydrogens is 457 g/mol. The van der Waals surface area contributed by atoms with Crippen molar-refractivity contribution < 1.29 is 9.53 Å². The second-order valence-corrected chi connectivity index (χ2v) is 6.20. The standard InChI is InChI=1S/C16H24ClN5O2.HI/c1-19-16(22-7-2-3-12(11-22)9-14(18)23)20-6-8-24-15-5-4-13(17)10-21-15;/h4-5,10,12H,2-3,6-9,11H2,1H3,(H2,18,23)(H,19,20);1H. The van der Waals surface area contributed by atoms with Crippen LogP contribution in [0.4, 0.5) is 0 Å². The molecule has 0 bridgehead atoms. The molecule has 1 aromatic rings. The number of rotatable bonds is 6. The summed E-state index contributed by atoms with van der Waals surface area (Å²) in [6, 6.07) is 3.47. The summed E-state index contributed by atoms with van der Waals surface area (Å²) in [5, 5.41) is 3.86. The number of nitrogens with zero attached hydrogens (tertiary/aromatic N) is 3. The predicted molar refractivity (Wildman–Crippen MR) is 110 cm³/mol. The highest BCUT2D eigenvalue weighted by Gasteiger charge is 2.23. The van der Waals surface area contributed by atoms with Crippen molar-refractivity contribution in [1.82, 2.24) is 15.2 Å². The summed E-state index contributed by atoms with van der Waals surface area (Å²) in [4.78, 5) is 21.7. The molecule has 25 heavy (non-hydrogen) atoms. The minimum absolute atomic E-state index is 0. The van der Waals surface area contributed by atoms with Crippen LogP contribution < -0.4 is 15.8 Å². The summed E-state index contributed by atoms with van der Waals surface area (Å²) in [5.74, 6) is 1.41. The quantitative estimate of drug-likeness (QED) is 0.280. The third-order valence-corrected chi connectivity index (χ3v) is 4.08. The maximum Gasteiger partial charge on any atom is 0.217 e. The van der Waals surface area contributed by atoms with E-state index < -0.39 is 0 Å². The third kappa shape index (κ3) is 7.64. The van der Waals surface area contributed by atoms with E-state index in [1.54, 1.807) is 25.4 Å². The maximum absolute atomic E-state index is 11.1. The Hall–Kier alpha value is -1.29. The number of amides is 1. The Balaban J connectivity index is 0.00000312. The summed E-state index contributed by atoms with van der Waals surface area (Å²) >= 11 is 5.78. The lowest BCUT2D eigenvalue weighted by Gasteiger charge is -2.34. The molecule has 7 nitrogen and oxygen atoms in total. The minimum atomic E-state index is -0.242. The average molecular weight is 482 g/mol. The number of nitrogens with one attached hydrogen (secondary N) is 1. The van der Waals surface area contributed by atoms with Crippen molar-refractivity contribution in [3.05, 3.63) is 23.4 Å². The molecule has 1 aromatic heterocycles. The summed E-state index contributed by atoms with van der Waals surface area (Å²) in [5.41, 5.74) is 5.31. The van der Waals surface area contributed by atoms with Gasteiger partial charge in [-0.3, -0.25) is 9.79 Å². The molecule has 140 valence electrons. The summed E-state index contributed by atoms with van der Waals surface area (Å²) in [6.07, 6.45) is 4.04. The number of carbonyl (C=O) groups is 1. The van der Waals surface area contributed by atoms with Crippen molar-refractivity contribution in [2.24, 2.45) is 16.6 Å². The lowest BCUT2D eigenvalue weighted by atomic mass is 9.95. The van der Waals surface area contributed by atoms with Crippen molar-refractivity contribution in [3.8, 4) is 5.88 Å². The van der Waals surface area contributed by atoms with E-state index in [2.05, 4.69) is 20.2 Å². The SMILES string of the molecule is CN=C(NCCOc1ccc(Cl)cn1)N1CCCC(CC(N)=O)C1.I. The first-order valence-electron chi connectivity index (χ1n) is 8.06. The number of aromatic nitrogens is 1. The Bertz CT molecular complexity index is 570. The zero-order chi connectivity index (χ0) is 17.4. The number of ether oxygens (including phenoxy) is 1. The van der Waals surface area contributed by atoms with Crippen LogP contribution in [0.5, 0.6) is 5.88 Å². The molecule has 0 aromatic carbocycles. The number of primary amides is 1. The smallest absolute Gasteiger partial charge is 0.217 e. The molecule has 0 aliphatic carbocycles. The molecule has 9 heteroatoms. The molecule has 1 saturated heterocycles. The van der Waals surface area contributed by atoms with Crippen LogP contribution in [0.15, 0.2) is 23.3 Å². The fourth-order valence-corrected chi connectivity index (χ4v) is 2.92. The van der Waals surface area contributed by atoms with Gasteiger partial charge in [0, 0.05) is 38.8 Å². The largest absolute Gasteiger partial charge is 0.476 e. The van der Waals surface area contributed by atoms with Gasteiger partial charge in [0.05, 0.1) is 11.6 Å². The highest BCUT2D eigenvalue weighted by molar-refractivity contribution is 14.0. The number of hydrogen-bond acceptors (Lipinski definition) is 4. The van der Waals surface area contributed by atoms with E-state index in [1.165, 1.54) is 0 Å². The van der Waals surface area contributed by atoms with Gasteiger partial charge in [0.2, 0.25) is 11.8 Å². The van der Waals surface area contributed by atoms with Gasteiger partial charge >= 0.3 is 0 Å². The lowest BCUT2D eigenvalue weighted by molar-refractivity contribution is -0.119. The predicted octanol–water partition coefficient (Wildman–Crippen LogP) is 1.89. The lowest BCUT2D eigenvalue weighted by Crippen LogP contribution is -2.48. The van der Waals surface area contributed by atoms with Crippen LogP contribution in [-0.4, -0.2) is 55.0 Å². The van der Waals surface area contributed by atoms with E-state index >= 15 is 0 Å². The molecule has 2 rings (SSSR count). The third-order valence-electron chi connectivity index (χ3n) is 3.86. The van der Waals surface area contributed by atoms with Gasteiger partial charge in [0.1, 0.15) is 6.61 Å². The number of piperidine rings is 1. The van der Waals surface area contributed by atoms with Crippen LogP contribution >= 0.6 is 35.6 Å². The Kier molecular flexibility index (Phi) is 9.88. The molecule has 0 saturated carbocycles. The normalized spacial score (nSPS) is 17.6. The summed E-state index contributed by atoms with van der Waals surface area (Å²) < 4.78 is 5.55.